The van der Waals surface area contributed by atoms with Crippen LogP contribution in [-0.4, -0.2) is 10.5 Å². The number of furan rings is 1. The molecule has 3 aromatic carbocycles. The highest BCUT2D eigenvalue weighted by Gasteiger charge is 2.32. The molecule has 6 rings (SSSR count). The molecule has 3 heterocycles. The zero-order valence-electron chi connectivity index (χ0n) is 21.4. The first-order valence-corrected chi connectivity index (χ1v) is 14.1. The Morgan fingerprint density at radius 1 is 1.05 bits per heavy atom. The third-order valence-corrected chi connectivity index (χ3v) is 8.13. The lowest BCUT2D eigenvalue weighted by molar-refractivity contribution is -0.113. The fourth-order valence-corrected chi connectivity index (χ4v) is 6.09. The van der Waals surface area contributed by atoms with Gasteiger partial charge in [-0.1, -0.05) is 64.9 Å². The minimum Gasteiger partial charge on any atom is -0.457 e. The van der Waals surface area contributed by atoms with Crippen molar-refractivity contribution in [2.75, 3.05) is 5.32 Å². The van der Waals surface area contributed by atoms with Gasteiger partial charge < -0.3 is 9.73 Å². The van der Waals surface area contributed by atoms with Crippen LogP contribution < -0.4 is 20.2 Å². The highest BCUT2D eigenvalue weighted by molar-refractivity contribution is 7.07. The van der Waals surface area contributed by atoms with Gasteiger partial charge in [-0.3, -0.25) is 14.2 Å². The third-order valence-electron chi connectivity index (χ3n) is 6.58. The van der Waals surface area contributed by atoms with E-state index in [0.717, 1.165) is 0 Å². The molecule has 2 aromatic heterocycles. The molecule has 41 heavy (non-hydrogen) atoms. The van der Waals surface area contributed by atoms with Crippen molar-refractivity contribution in [1.29, 1.82) is 0 Å². The number of aromatic nitrogens is 1. The van der Waals surface area contributed by atoms with Crippen molar-refractivity contribution >= 4 is 52.2 Å². The summed E-state index contributed by atoms with van der Waals surface area (Å²) < 4.78 is 21.7. The van der Waals surface area contributed by atoms with E-state index in [1.54, 1.807) is 67.6 Å². The number of nitrogens with one attached hydrogen (secondary N) is 1. The Balaban J connectivity index is 1.45. The summed E-state index contributed by atoms with van der Waals surface area (Å²) in [6.07, 6.45) is 1.62. The van der Waals surface area contributed by atoms with Crippen LogP contribution in [0, 0.1) is 5.82 Å². The number of para-hydroxylation sites is 1. The summed E-state index contributed by atoms with van der Waals surface area (Å²) in [4.78, 5) is 32.5. The van der Waals surface area contributed by atoms with Gasteiger partial charge in [0.15, 0.2) is 4.80 Å². The van der Waals surface area contributed by atoms with E-state index in [-0.39, 0.29) is 11.1 Å². The second kappa shape index (κ2) is 11.0. The number of fused-ring (bicyclic) bond motifs is 1. The van der Waals surface area contributed by atoms with Crippen LogP contribution in [0.2, 0.25) is 10.0 Å². The molecule has 0 fully saturated rings. The number of benzene rings is 3. The molecule has 10 heteroatoms. The smallest absolute Gasteiger partial charge is 0.271 e. The van der Waals surface area contributed by atoms with Crippen LogP contribution in [-0.2, 0) is 4.79 Å². The molecule has 204 valence electrons. The Hall–Kier alpha value is -4.24. The summed E-state index contributed by atoms with van der Waals surface area (Å²) >= 11 is 13.6. The summed E-state index contributed by atoms with van der Waals surface area (Å²) in [5.41, 5.74) is 2.18. The lowest BCUT2D eigenvalue weighted by atomic mass is 9.95. The Morgan fingerprint density at radius 2 is 1.80 bits per heavy atom. The van der Waals surface area contributed by atoms with Crippen molar-refractivity contribution < 1.29 is 13.6 Å². The second-order valence-corrected chi connectivity index (χ2v) is 11.1. The van der Waals surface area contributed by atoms with E-state index in [4.69, 9.17) is 27.6 Å². The monoisotopic (exact) mass is 603 g/mol. The van der Waals surface area contributed by atoms with Crippen molar-refractivity contribution in [2.24, 2.45) is 4.99 Å². The van der Waals surface area contributed by atoms with Gasteiger partial charge >= 0.3 is 0 Å². The van der Waals surface area contributed by atoms with Crippen molar-refractivity contribution in [3.63, 3.8) is 0 Å². The molecule has 1 N–H and O–H groups in total. The molecular formula is C31H20Cl2FN3O3S. The Bertz CT molecular complexity index is 2010. The SMILES string of the molecule is CC1=C(C(=O)Nc2ccccc2)C(c2ccc(F)cc2)n2c(s/c(=C\c3ccc(-c4cc(Cl)ccc4Cl)o3)c2=O)=N1. The number of allylic oxidation sites excluding steroid dienone is 1. The van der Waals surface area contributed by atoms with Crippen molar-refractivity contribution in [2.45, 2.75) is 13.0 Å². The van der Waals surface area contributed by atoms with Gasteiger partial charge in [-0.25, -0.2) is 9.38 Å². The average Bonchev–Trinajstić information content (AvgIpc) is 3.54. The molecule has 1 aliphatic heterocycles. The number of rotatable bonds is 5. The molecular weight excluding hydrogens is 584 g/mol. The van der Waals surface area contributed by atoms with E-state index in [1.807, 2.05) is 18.2 Å². The highest BCUT2D eigenvalue weighted by atomic mass is 35.5. The molecule has 0 bridgehead atoms. The molecule has 1 amide bonds. The normalized spacial score (nSPS) is 15.0. The van der Waals surface area contributed by atoms with E-state index in [2.05, 4.69) is 10.3 Å². The maximum atomic E-state index is 13.9. The van der Waals surface area contributed by atoms with Gasteiger partial charge in [-0.2, -0.15) is 0 Å². The van der Waals surface area contributed by atoms with Crippen molar-refractivity contribution in [3.05, 3.63) is 143 Å². The number of carbonyl (C=O) groups excluding carboxylic acids is 1. The zero-order valence-corrected chi connectivity index (χ0v) is 23.7. The molecule has 6 nitrogen and oxygen atoms in total. The van der Waals surface area contributed by atoms with Gasteiger partial charge in [0.05, 0.1) is 26.9 Å². The summed E-state index contributed by atoms with van der Waals surface area (Å²) in [5, 5.41) is 3.88. The first-order valence-electron chi connectivity index (χ1n) is 12.5. The first-order chi connectivity index (χ1) is 19.8. The quantitative estimate of drug-likeness (QED) is 0.246. The van der Waals surface area contributed by atoms with Gasteiger partial charge in [-0.15, -0.1) is 0 Å². The molecule has 1 atom stereocenters. The molecule has 0 radical (unpaired) electrons. The average molecular weight is 604 g/mol. The van der Waals surface area contributed by atoms with Gasteiger partial charge in [0, 0.05) is 22.3 Å². The van der Waals surface area contributed by atoms with Crippen molar-refractivity contribution in [3.8, 4) is 11.3 Å². The fraction of sp³-hybridized carbons (Fsp3) is 0.0645. The predicted molar refractivity (Wildman–Crippen MR) is 159 cm³/mol. The number of amides is 1. The zero-order chi connectivity index (χ0) is 28.7. The molecule has 0 spiro atoms. The van der Waals surface area contributed by atoms with Crippen LogP contribution in [0.5, 0.6) is 0 Å². The minimum atomic E-state index is -0.824. The predicted octanol–water partition coefficient (Wildman–Crippen LogP) is 6.58. The van der Waals surface area contributed by atoms with E-state index in [1.165, 1.54) is 28.0 Å². The summed E-state index contributed by atoms with van der Waals surface area (Å²) in [6.45, 7) is 1.72. The number of thiazole rings is 1. The summed E-state index contributed by atoms with van der Waals surface area (Å²) in [7, 11) is 0. The van der Waals surface area contributed by atoms with Gasteiger partial charge in [-0.05, 0) is 67.1 Å². The summed E-state index contributed by atoms with van der Waals surface area (Å²) in [6, 6.07) is 22.5. The lowest BCUT2D eigenvalue weighted by Crippen LogP contribution is -2.40. The van der Waals surface area contributed by atoms with E-state index in [9.17, 15) is 14.0 Å². The first kappa shape index (κ1) is 27.0. The van der Waals surface area contributed by atoms with Crippen LogP contribution in [0.3, 0.4) is 0 Å². The lowest BCUT2D eigenvalue weighted by Gasteiger charge is -2.25. The second-order valence-electron chi connectivity index (χ2n) is 9.28. The molecule has 0 saturated heterocycles. The summed E-state index contributed by atoms with van der Waals surface area (Å²) in [5.74, 6) is 0.0922. The van der Waals surface area contributed by atoms with E-state index < -0.39 is 17.8 Å². The van der Waals surface area contributed by atoms with Crippen LogP contribution in [0.15, 0.2) is 110 Å². The molecule has 0 aliphatic carbocycles. The Kier molecular flexibility index (Phi) is 7.21. The Morgan fingerprint density at radius 3 is 2.56 bits per heavy atom. The molecule has 1 unspecified atom stereocenters. The van der Waals surface area contributed by atoms with Gasteiger partial charge in [0.1, 0.15) is 17.3 Å². The number of hydrogen-bond donors (Lipinski definition) is 1. The Labute approximate surface area is 247 Å². The van der Waals surface area contributed by atoms with Gasteiger partial charge in [0.2, 0.25) is 0 Å². The van der Waals surface area contributed by atoms with E-state index >= 15 is 0 Å². The number of hydrogen-bond acceptors (Lipinski definition) is 5. The van der Waals surface area contributed by atoms with Crippen molar-refractivity contribution in [1.82, 2.24) is 4.57 Å². The third kappa shape index (κ3) is 5.29. The molecule has 5 aromatic rings. The maximum absolute atomic E-state index is 13.9. The largest absolute Gasteiger partial charge is 0.457 e. The standard InChI is InChI=1S/C31H20Cl2FN3O3S/c1-17-27(29(38)36-21-5-3-2-4-6-21)28(18-7-10-20(34)11-8-18)37-30(39)26(41-31(37)35-17)16-22-12-14-25(40-22)23-15-19(32)9-13-24(23)33/h2-16,28H,1H3,(H,36,38)/b26-16-. The number of halogens is 3. The van der Waals surface area contributed by atoms with E-state index in [0.29, 0.717) is 53.4 Å². The topological polar surface area (TPSA) is 76.6 Å². The van der Waals surface area contributed by atoms with Crippen LogP contribution in [0.25, 0.3) is 17.4 Å². The number of carbonyl (C=O) groups is 1. The van der Waals surface area contributed by atoms with Gasteiger partial charge in [0.25, 0.3) is 11.5 Å². The van der Waals surface area contributed by atoms with Crippen LogP contribution in [0.4, 0.5) is 10.1 Å². The highest BCUT2D eigenvalue weighted by Crippen LogP contribution is 2.33. The molecule has 1 aliphatic rings. The number of anilines is 1. The number of nitrogens with zero attached hydrogens (tertiary/aromatic N) is 2. The van der Waals surface area contributed by atoms with Crippen LogP contribution >= 0.6 is 34.5 Å². The van der Waals surface area contributed by atoms with Crippen LogP contribution in [0.1, 0.15) is 24.3 Å². The molecule has 0 saturated carbocycles. The minimum absolute atomic E-state index is 0.287. The fourth-order valence-electron chi connectivity index (χ4n) is 4.68. The maximum Gasteiger partial charge on any atom is 0.271 e.